The predicted octanol–water partition coefficient (Wildman–Crippen LogP) is 1.89. The van der Waals surface area contributed by atoms with Crippen molar-refractivity contribution in [2.24, 2.45) is 0 Å². The first-order valence-corrected chi connectivity index (χ1v) is 4.26. The van der Waals surface area contributed by atoms with Gasteiger partial charge in [0.1, 0.15) is 0 Å². The molecule has 0 atom stereocenters. The Labute approximate surface area is 88.5 Å². The fourth-order valence-corrected chi connectivity index (χ4v) is 1.16. The number of hydrogen-bond donors (Lipinski definition) is 1. The van der Waals surface area contributed by atoms with Gasteiger partial charge in [0, 0.05) is 12.5 Å². The molecule has 0 amide bonds. The summed E-state index contributed by atoms with van der Waals surface area (Å²) in [5.41, 5.74) is -0.909. The molecule has 0 aromatic heterocycles. The number of aryl methyl sites for hydroxylation is 1. The van der Waals surface area contributed by atoms with Crippen molar-refractivity contribution in [2.45, 2.75) is 12.8 Å². The van der Waals surface area contributed by atoms with Gasteiger partial charge in [-0.15, -0.1) is 0 Å². The molecule has 1 N–H and O–H groups in total. The van der Waals surface area contributed by atoms with Crippen molar-refractivity contribution in [3.63, 3.8) is 0 Å². The molecule has 0 bridgehead atoms. The second-order valence-electron chi connectivity index (χ2n) is 3.06. The summed E-state index contributed by atoms with van der Waals surface area (Å²) in [5.74, 6) is -4.01. The van der Waals surface area contributed by atoms with E-state index in [1.54, 1.807) is 0 Å². The van der Waals surface area contributed by atoms with Crippen LogP contribution < -0.4 is 0 Å². The van der Waals surface area contributed by atoms with Gasteiger partial charge >= 0.3 is 11.7 Å². The number of nitro benzene ring substituents is 1. The summed E-state index contributed by atoms with van der Waals surface area (Å²) in [5, 5.41) is 18.7. The number of aliphatic carboxylic acids is 1. The lowest BCUT2D eigenvalue weighted by molar-refractivity contribution is -0.387. The number of benzene rings is 1. The topological polar surface area (TPSA) is 80.4 Å². The zero-order valence-corrected chi connectivity index (χ0v) is 7.94. The van der Waals surface area contributed by atoms with Crippen LogP contribution >= 0.6 is 0 Å². The highest BCUT2D eigenvalue weighted by atomic mass is 19.2. The molecule has 0 saturated heterocycles. The SMILES string of the molecule is O=C(O)CCc1cc(F)c(F)c([N+](=O)[O-])c1. The van der Waals surface area contributed by atoms with Crippen LogP contribution in [0.5, 0.6) is 0 Å². The van der Waals surface area contributed by atoms with Gasteiger partial charge in [-0.2, -0.15) is 4.39 Å². The zero-order valence-electron chi connectivity index (χ0n) is 7.94. The van der Waals surface area contributed by atoms with Gasteiger partial charge in [-0.25, -0.2) is 4.39 Å². The minimum atomic E-state index is -1.54. The number of halogens is 2. The van der Waals surface area contributed by atoms with Crippen molar-refractivity contribution in [1.29, 1.82) is 0 Å². The van der Waals surface area contributed by atoms with E-state index in [-0.39, 0.29) is 18.4 Å². The lowest BCUT2D eigenvalue weighted by Crippen LogP contribution is -2.01. The summed E-state index contributed by atoms with van der Waals surface area (Å²) in [7, 11) is 0. The third-order valence-electron chi connectivity index (χ3n) is 1.89. The Morgan fingerprint density at radius 3 is 2.56 bits per heavy atom. The lowest BCUT2D eigenvalue weighted by Gasteiger charge is -2.01. The van der Waals surface area contributed by atoms with E-state index in [2.05, 4.69) is 0 Å². The number of nitro groups is 1. The number of rotatable bonds is 4. The molecule has 0 radical (unpaired) electrons. The monoisotopic (exact) mass is 231 g/mol. The molecular formula is C9H7F2NO4. The van der Waals surface area contributed by atoms with Gasteiger partial charge in [0.15, 0.2) is 5.82 Å². The summed E-state index contributed by atoms with van der Waals surface area (Å²) < 4.78 is 25.8. The van der Waals surface area contributed by atoms with Crippen molar-refractivity contribution < 1.29 is 23.6 Å². The van der Waals surface area contributed by atoms with E-state index < -0.39 is 28.2 Å². The van der Waals surface area contributed by atoms with E-state index >= 15 is 0 Å². The fraction of sp³-hybridized carbons (Fsp3) is 0.222. The molecule has 0 unspecified atom stereocenters. The maximum absolute atomic E-state index is 12.9. The van der Waals surface area contributed by atoms with Gasteiger partial charge in [0.05, 0.1) is 4.92 Å². The van der Waals surface area contributed by atoms with Gasteiger partial charge in [-0.1, -0.05) is 0 Å². The molecule has 5 nitrogen and oxygen atoms in total. The number of hydrogen-bond acceptors (Lipinski definition) is 3. The molecule has 0 saturated carbocycles. The van der Waals surface area contributed by atoms with E-state index in [1.807, 2.05) is 0 Å². The summed E-state index contributed by atoms with van der Waals surface area (Å²) >= 11 is 0. The van der Waals surface area contributed by atoms with Gasteiger partial charge in [0.2, 0.25) is 5.82 Å². The maximum atomic E-state index is 12.9. The van der Waals surface area contributed by atoms with Gasteiger partial charge in [-0.3, -0.25) is 14.9 Å². The van der Waals surface area contributed by atoms with E-state index in [0.717, 1.165) is 12.1 Å². The van der Waals surface area contributed by atoms with Crippen LogP contribution in [-0.4, -0.2) is 16.0 Å². The molecule has 0 aliphatic rings. The number of carboxylic acids is 1. The molecule has 0 spiro atoms. The average molecular weight is 231 g/mol. The molecule has 0 heterocycles. The Hall–Kier alpha value is -2.05. The van der Waals surface area contributed by atoms with Crippen molar-refractivity contribution >= 4 is 11.7 Å². The summed E-state index contributed by atoms with van der Waals surface area (Å²) in [6.45, 7) is 0. The van der Waals surface area contributed by atoms with E-state index in [9.17, 15) is 23.7 Å². The Morgan fingerprint density at radius 2 is 2.06 bits per heavy atom. The Kier molecular flexibility index (Phi) is 3.49. The predicted molar refractivity (Wildman–Crippen MR) is 49.0 cm³/mol. The molecule has 0 aliphatic heterocycles. The smallest absolute Gasteiger partial charge is 0.308 e. The van der Waals surface area contributed by atoms with Gasteiger partial charge in [-0.05, 0) is 18.1 Å². The normalized spacial score (nSPS) is 10.1. The third kappa shape index (κ3) is 2.72. The zero-order chi connectivity index (χ0) is 12.3. The lowest BCUT2D eigenvalue weighted by atomic mass is 10.1. The van der Waals surface area contributed by atoms with Crippen LogP contribution in [0.25, 0.3) is 0 Å². The first-order chi connectivity index (χ1) is 7.41. The highest BCUT2D eigenvalue weighted by molar-refractivity contribution is 5.67. The molecule has 7 heteroatoms. The van der Waals surface area contributed by atoms with Crippen LogP contribution in [0.1, 0.15) is 12.0 Å². The molecule has 16 heavy (non-hydrogen) atoms. The molecule has 0 fully saturated rings. The quantitative estimate of drug-likeness (QED) is 0.633. The Morgan fingerprint density at radius 1 is 1.44 bits per heavy atom. The van der Waals surface area contributed by atoms with Crippen LogP contribution in [0.3, 0.4) is 0 Å². The molecular weight excluding hydrogens is 224 g/mol. The average Bonchev–Trinajstić information content (AvgIpc) is 2.19. The third-order valence-corrected chi connectivity index (χ3v) is 1.89. The molecule has 1 aromatic carbocycles. The second kappa shape index (κ2) is 4.65. The molecule has 0 aliphatic carbocycles. The first kappa shape index (κ1) is 12.0. The summed E-state index contributed by atoms with van der Waals surface area (Å²) in [6, 6.07) is 1.59. The van der Waals surface area contributed by atoms with E-state index in [0.29, 0.717) is 0 Å². The standard InChI is InChI=1S/C9H7F2NO4/c10-6-3-5(1-2-8(13)14)4-7(9(6)11)12(15)16/h3-4H,1-2H2,(H,13,14). The minimum absolute atomic E-state index is 0.0769. The summed E-state index contributed by atoms with van der Waals surface area (Å²) in [6.07, 6.45) is -0.393. The van der Waals surface area contributed by atoms with Crippen LogP contribution in [0.15, 0.2) is 12.1 Å². The van der Waals surface area contributed by atoms with E-state index in [4.69, 9.17) is 5.11 Å². The molecule has 1 aromatic rings. The van der Waals surface area contributed by atoms with Crippen molar-refractivity contribution in [1.82, 2.24) is 0 Å². The molecule has 86 valence electrons. The van der Waals surface area contributed by atoms with Crippen LogP contribution in [0.2, 0.25) is 0 Å². The number of carbonyl (C=O) groups is 1. The minimum Gasteiger partial charge on any atom is -0.481 e. The van der Waals surface area contributed by atoms with Crippen molar-refractivity contribution in [3.8, 4) is 0 Å². The van der Waals surface area contributed by atoms with Crippen LogP contribution in [-0.2, 0) is 11.2 Å². The van der Waals surface area contributed by atoms with Crippen LogP contribution in [0, 0.1) is 21.7 Å². The highest BCUT2D eigenvalue weighted by Crippen LogP contribution is 2.22. The summed E-state index contributed by atoms with van der Waals surface area (Å²) in [4.78, 5) is 19.5. The largest absolute Gasteiger partial charge is 0.481 e. The van der Waals surface area contributed by atoms with Crippen molar-refractivity contribution in [2.75, 3.05) is 0 Å². The first-order valence-electron chi connectivity index (χ1n) is 4.26. The second-order valence-corrected chi connectivity index (χ2v) is 3.06. The maximum Gasteiger partial charge on any atom is 0.308 e. The number of carboxylic acid groups (broad SMARTS) is 1. The van der Waals surface area contributed by atoms with Gasteiger partial charge in [0.25, 0.3) is 0 Å². The van der Waals surface area contributed by atoms with Gasteiger partial charge < -0.3 is 5.11 Å². The molecule has 1 rings (SSSR count). The van der Waals surface area contributed by atoms with E-state index in [1.165, 1.54) is 0 Å². The fourth-order valence-electron chi connectivity index (χ4n) is 1.16. The Bertz CT molecular complexity index is 447. The van der Waals surface area contributed by atoms with Crippen molar-refractivity contribution in [3.05, 3.63) is 39.4 Å². The Balaban J connectivity index is 3.04. The number of nitrogens with zero attached hydrogens (tertiary/aromatic N) is 1. The highest BCUT2D eigenvalue weighted by Gasteiger charge is 2.20. The van der Waals surface area contributed by atoms with Crippen LogP contribution in [0.4, 0.5) is 14.5 Å².